The van der Waals surface area contributed by atoms with Crippen molar-refractivity contribution in [3.8, 4) is 0 Å². The van der Waals surface area contributed by atoms with Gasteiger partial charge in [-0.15, -0.1) is 9.35 Å². The summed E-state index contributed by atoms with van der Waals surface area (Å²) in [5.74, 6) is 0.0294. The van der Waals surface area contributed by atoms with Gasteiger partial charge in [0.25, 0.3) is 0 Å². The SMILES string of the molecule is CCN1C(=O)N(OS(=O)(=O)O)c2cnn(CCN)c2[C@H]1C(=NC)NO. The molecule has 0 bridgehead atoms. The monoisotopic (exact) mass is 377 g/mol. The highest BCUT2D eigenvalue weighted by Crippen LogP contribution is 2.37. The maximum Gasteiger partial charge on any atom is 0.419 e. The molecule has 1 atom stereocenters. The van der Waals surface area contributed by atoms with Gasteiger partial charge in [-0.25, -0.2) is 4.79 Å². The van der Waals surface area contributed by atoms with Gasteiger partial charge in [0.2, 0.25) is 0 Å². The molecule has 1 aliphatic heterocycles. The molecule has 0 fully saturated rings. The summed E-state index contributed by atoms with van der Waals surface area (Å²) in [6, 6.07) is -1.78. The number of nitrogens with two attached hydrogens (primary N) is 1. The Labute approximate surface area is 143 Å². The van der Waals surface area contributed by atoms with Gasteiger partial charge in [-0.05, 0) is 6.92 Å². The molecule has 2 rings (SSSR count). The Morgan fingerprint density at radius 1 is 1.56 bits per heavy atom. The predicted molar refractivity (Wildman–Crippen MR) is 85.2 cm³/mol. The van der Waals surface area contributed by atoms with Gasteiger partial charge < -0.3 is 10.6 Å². The third kappa shape index (κ3) is 3.57. The number of amides is 2. The van der Waals surface area contributed by atoms with Gasteiger partial charge >= 0.3 is 16.4 Å². The smallest absolute Gasteiger partial charge is 0.329 e. The van der Waals surface area contributed by atoms with Gasteiger partial charge in [0.15, 0.2) is 0 Å². The normalized spacial score (nSPS) is 18.5. The van der Waals surface area contributed by atoms with Crippen LogP contribution in [-0.4, -0.2) is 64.9 Å². The lowest BCUT2D eigenvalue weighted by atomic mass is 10.1. The molecule has 13 nitrogen and oxygen atoms in total. The van der Waals surface area contributed by atoms with Crippen molar-refractivity contribution in [1.82, 2.24) is 20.2 Å². The second-order valence-electron chi connectivity index (χ2n) is 4.92. The standard InChI is InChI=1S/C11H19N7O6S/c1-3-16-9(10(13-2)15-20)8-7(6-14-17(8)5-4-12)18(11(16)19)24-25(21,22)23/h6,9,20H,3-5,12H2,1-2H3,(H,13,15)(H,21,22,23)/t9-/m0/s1. The Kier molecular flexibility index (Phi) is 5.58. The fourth-order valence-electron chi connectivity index (χ4n) is 2.60. The van der Waals surface area contributed by atoms with E-state index in [1.165, 1.54) is 22.8 Å². The Balaban J connectivity index is 2.68. The van der Waals surface area contributed by atoms with Crippen LogP contribution in [0.5, 0.6) is 0 Å². The molecular formula is C11H19N7O6S. The van der Waals surface area contributed by atoms with Crippen LogP contribution >= 0.6 is 0 Å². The summed E-state index contributed by atoms with van der Waals surface area (Å²) < 4.78 is 37.0. The van der Waals surface area contributed by atoms with Crippen molar-refractivity contribution < 1.29 is 27.3 Å². The molecule has 25 heavy (non-hydrogen) atoms. The van der Waals surface area contributed by atoms with Crippen molar-refractivity contribution in [2.45, 2.75) is 19.5 Å². The topological polar surface area (TPSA) is 176 Å². The minimum absolute atomic E-state index is 0.0258. The van der Waals surface area contributed by atoms with E-state index in [0.717, 1.165) is 0 Å². The Hall–Kier alpha value is -2.26. The number of carbonyl (C=O) groups is 1. The van der Waals surface area contributed by atoms with E-state index in [1.807, 2.05) is 5.48 Å². The number of nitrogens with one attached hydrogen (secondary N) is 1. The number of aromatic nitrogens is 2. The molecule has 1 aromatic heterocycles. The number of carbonyl (C=O) groups excluding carboxylic acids is 1. The summed E-state index contributed by atoms with van der Waals surface area (Å²) in [7, 11) is -3.56. The average Bonchev–Trinajstić information content (AvgIpc) is 2.95. The van der Waals surface area contributed by atoms with Gasteiger partial charge in [-0.1, -0.05) is 0 Å². The van der Waals surface area contributed by atoms with Crippen LogP contribution in [0.1, 0.15) is 18.7 Å². The van der Waals surface area contributed by atoms with Crippen LogP contribution in [0, 0.1) is 0 Å². The van der Waals surface area contributed by atoms with Crippen molar-refractivity contribution in [3.05, 3.63) is 11.9 Å². The third-order valence-corrected chi connectivity index (χ3v) is 3.87. The molecule has 0 spiro atoms. The lowest BCUT2D eigenvalue weighted by Crippen LogP contribution is -2.54. The minimum atomic E-state index is -4.96. The maximum atomic E-state index is 12.6. The van der Waals surface area contributed by atoms with Crippen molar-refractivity contribution >= 4 is 28.0 Å². The van der Waals surface area contributed by atoms with Crippen molar-refractivity contribution in [3.63, 3.8) is 0 Å². The zero-order valence-electron chi connectivity index (χ0n) is 13.5. The molecular weight excluding hydrogens is 358 g/mol. The summed E-state index contributed by atoms with van der Waals surface area (Å²) >= 11 is 0. The number of urea groups is 1. The lowest BCUT2D eigenvalue weighted by molar-refractivity contribution is 0.149. The van der Waals surface area contributed by atoms with Crippen LogP contribution in [0.2, 0.25) is 0 Å². The van der Waals surface area contributed by atoms with E-state index < -0.39 is 22.5 Å². The molecule has 0 radical (unpaired) electrons. The van der Waals surface area contributed by atoms with Crippen LogP contribution in [-0.2, 0) is 21.2 Å². The van der Waals surface area contributed by atoms with E-state index in [2.05, 4.69) is 14.4 Å². The van der Waals surface area contributed by atoms with E-state index in [0.29, 0.717) is 10.8 Å². The van der Waals surface area contributed by atoms with Crippen LogP contribution in [0.25, 0.3) is 0 Å². The molecule has 2 heterocycles. The van der Waals surface area contributed by atoms with E-state index in [9.17, 15) is 18.4 Å². The zero-order chi connectivity index (χ0) is 18.8. The second kappa shape index (κ2) is 7.32. The number of hydrogen-bond donors (Lipinski definition) is 4. The number of hydrogen-bond acceptors (Lipinski definition) is 8. The zero-order valence-corrected chi connectivity index (χ0v) is 14.3. The van der Waals surface area contributed by atoms with Crippen molar-refractivity contribution in [2.24, 2.45) is 10.7 Å². The number of hydroxylamine groups is 2. The van der Waals surface area contributed by atoms with Gasteiger partial charge in [0.1, 0.15) is 17.6 Å². The number of amidine groups is 1. The van der Waals surface area contributed by atoms with Gasteiger partial charge in [0.05, 0.1) is 18.4 Å². The molecule has 0 saturated heterocycles. The molecule has 2 amide bonds. The summed E-state index contributed by atoms with van der Waals surface area (Å²) in [4.78, 5) is 17.7. The van der Waals surface area contributed by atoms with Crippen molar-refractivity contribution in [2.75, 3.05) is 25.2 Å². The number of likely N-dealkylation sites (N-methyl/N-ethyl adjacent to an activating group) is 1. The van der Waals surface area contributed by atoms with Gasteiger partial charge in [-0.2, -0.15) is 13.5 Å². The fourth-order valence-corrected chi connectivity index (χ4v) is 2.93. The van der Waals surface area contributed by atoms with Crippen LogP contribution in [0.4, 0.5) is 10.5 Å². The first-order chi connectivity index (χ1) is 11.8. The van der Waals surface area contributed by atoms with E-state index >= 15 is 0 Å². The number of anilines is 1. The van der Waals surface area contributed by atoms with E-state index in [4.69, 9.17) is 10.3 Å². The number of aliphatic imine (C=N–C) groups is 1. The molecule has 14 heteroatoms. The Bertz CT molecular complexity index is 776. The molecule has 1 aromatic rings. The number of rotatable bonds is 6. The molecule has 0 aliphatic carbocycles. The molecule has 1 aliphatic rings. The first kappa shape index (κ1) is 19.1. The first-order valence-electron chi connectivity index (χ1n) is 7.19. The predicted octanol–water partition coefficient (Wildman–Crippen LogP) is -1.11. The molecule has 140 valence electrons. The third-order valence-electron chi connectivity index (χ3n) is 3.53. The largest absolute Gasteiger partial charge is 0.419 e. The van der Waals surface area contributed by atoms with Crippen molar-refractivity contribution in [1.29, 1.82) is 0 Å². The number of fused-ring (bicyclic) bond motifs is 1. The summed E-state index contributed by atoms with van der Waals surface area (Å²) in [6.07, 6.45) is 1.19. The maximum absolute atomic E-state index is 12.6. The molecule has 5 N–H and O–H groups in total. The highest BCUT2D eigenvalue weighted by Gasteiger charge is 2.44. The average molecular weight is 377 g/mol. The molecule has 0 aromatic carbocycles. The highest BCUT2D eigenvalue weighted by molar-refractivity contribution is 7.81. The molecule has 0 unspecified atom stereocenters. The van der Waals surface area contributed by atoms with Gasteiger partial charge in [0, 0.05) is 20.1 Å². The lowest BCUT2D eigenvalue weighted by Gasteiger charge is -2.39. The second-order valence-corrected chi connectivity index (χ2v) is 5.92. The Morgan fingerprint density at radius 3 is 2.72 bits per heavy atom. The Morgan fingerprint density at radius 2 is 2.24 bits per heavy atom. The van der Waals surface area contributed by atoms with Crippen LogP contribution < -0.4 is 16.3 Å². The fraction of sp³-hybridized carbons (Fsp3) is 0.545. The molecule has 0 saturated carbocycles. The van der Waals surface area contributed by atoms with Gasteiger partial charge in [-0.3, -0.25) is 24.9 Å². The van der Waals surface area contributed by atoms with E-state index in [-0.39, 0.29) is 31.2 Å². The van der Waals surface area contributed by atoms with E-state index in [1.54, 1.807) is 6.92 Å². The minimum Gasteiger partial charge on any atom is -0.329 e. The highest BCUT2D eigenvalue weighted by atomic mass is 32.3. The van der Waals surface area contributed by atoms with Crippen LogP contribution in [0.15, 0.2) is 11.2 Å². The quantitative estimate of drug-likeness (QED) is 0.207. The summed E-state index contributed by atoms with van der Waals surface area (Å²) in [5.41, 5.74) is 7.76. The number of nitrogens with zero attached hydrogens (tertiary/aromatic N) is 5. The summed E-state index contributed by atoms with van der Waals surface area (Å²) in [6.45, 7) is 2.21. The summed E-state index contributed by atoms with van der Waals surface area (Å²) in [5, 5.41) is 13.8. The first-order valence-corrected chi connectivity index (χ1v) is 8.55. The van der Waals surface area contributed by atoms with Crippen LogP contribution in [0.3, 0.4) is 0 Å².